The van der Waals surface area contributed by atoms with Crippen LogP contribution in [0.25, 0.3) is 0 Å². The Balaban J connectivity index is 2.14. The second-order valence-corrected chi connectivity index (χ2v) is 9.79. The van der Waals surface area contributed by atoms with Gasteiger partial charge in [0, 0.05) is 22.3 Å². The summed E-state index contributed by atoms with van der Waals surface area (Å²) in [5, 5.41) is 0. The van der Waals surface area contributed by atoms with Gasteiger partial charge >= 0.3 is 0 Å². The van der Waals surface area contributed by atoms with Crippen LogP contribution in [-0.4, -0.2) is 11.6 Å². The Labute approximate surface area is 180 Å². The molecule has 0 aromatic heterocycles. The molecule has 0 heterocycles. The van der Waals surface area contributed by atoms with Gasteiger partial charge in [0.1, 0.15) is 0 Å². The van der Waals surface area contributed by atoms with Crippen molar-refractivity contribution in [1.82, 2.24) is 0 Å². The van der Waals surface area contributed by atoms with Gasteiger partial charge in [-0.3, -0.25) is 9.59 Å². The van der Waals surface area contributed by atoms with Crippen molar-refractivity contribution in [3.8, 4) is 0 Å². The Morgan fingerprint density at radius 1 is 0.467 bits per heavy atom. The van der Waals surface area contributed by atoms with E-state index in [9.17, 15) is 9.59 Å². The molecule has 2 heteroatoms. The molecule has 0 aliphatic carbocycles. The first kappa shape index (κ1) is 21.7. The summed E-state index contributed by atoms with van der Waals surface area (Å²) in [7, 11) is 0. The quantitative estimate of drug-likeness (QED) is 0.456. The maximum absolute atomic E-state index is 13.6. The molecule has 0 aliphatic heterocycles. The molecule has 0 amide bonds. The fourth-order valence-corrected chi connectivity index (χ4v) is 3.84. The molecular formula is C28H30O2. The summed E-state index contributed by atoms with van der Waals surface area (Å²) in [5.74, 6) is -0.226. The molecule has 30 heavy (non-hydrogen) atoms. The monoisotopic (exact) mass is 398 g/mol. The van der Waals surface area contributed by atoms with E-state index in [0.29, 0.717) is 22.3 Å². The standard InChI is InChI=1S/C28H30O2/c1-27(2,3)23-17-11-9-15-21(23)25(29)19-13-7-8-14-20(19)26(30)22-16-10-12-18-24(22)28(4,5)6/h7-18H,1-6H3. The number of rotatable bonds is 4. The molecule has 0 spiro atoms. The minimum Gasteiger partial charge on any atom is -0.289 e. The van der Waals surface area contributed by atoms with Gasteiger partial charge in [0.15, 0.2) is 11.6 Å². The highest BCUT2D eigenvalue weighted by Gasteiger charge is 2.27. The summed E-state index contributed by atoms with van der Waals surface area (Å²) in [6, 6.07) is 22.5. The molecule has 3 aromatic carbocycles. The van der Waals surface area contributed by atoms with E-state index in [1.165, 1.54) is 0 Å². The number of carbonyl (C=O) groups is 2. The van der Waals surface area contributed by atoms with Crippen molar-refractivity contribution in [2.75, 3.05) is 0 Å². The number of hydrogen-bond acceptors (Lipinski definition) is 2. The summed E-state index contributed by atoms with van der Waals surface area (Å²) in [5.41, 5.74) is 3.79. The third-order valence-corrected chi connectivity index (χ3v) is 5.38. The Morgan fingerprint density at radius 2 is 0.733 bits per heavy atom. The van der Waals surface area contributed by atoms with Gasteiger partial charge in [-0.2, -0.15) is 0 Å². The largest absolute Gasteiger partial charge is 0.289 e. The van der Waals surface area contributed by atoms with E-state index in [1.807, 2.05) is 60.7 Å². The van der Waals surface area contributed by atoms with Gasteiger partial charge in [-0.15, -0.1) is 0 Å². The van der Waals surface area contributed by atoms with Crippen molar-refractivity contribution in [3.05, 3.63) is 106 Å². The second kappa shape index (κ2) is 8.02. The number of benzene rings is 3. The zero-order chi connectivity index (χ0) is 22.1. The van der Waals surface area contributed by atoms with Crippen LogP contribution < -0.4 is 0 Å². The molecule has 0 unspecified atom stereocenters. The predicted molar refractivity (Wildman–Crippen MR) is 124 cm³/mol. The molecule has 0 saturated heterocycles. The van der Waals surface area contributed by atoms with Gasteiger partial charge in [0.05, 0.1) is 0 Å². The van der Waals surface area contributed by atoms with Crippen LogP contribution in [0.5, 0.6) is 0 Å². The second-order valence-electron chi connectivity index (χ2n) is 9.79. The number of hydrogen-bond donors (Lipinski definition) is 0. The highest BCUT2D eigenvalue weighted by molar-refractivity contribution is 6.20. The Kier molecular flexibility index (Phi) is 5.81. The van der Waals surface area contributed by atoms with Crippen LogP contribution in [0.4, 0.5) is 0 Å². The molecule has 0 atom stereocenters. The molecule has 0 N–H and O–H groups in total. The Bertz CT molecular complexity index is 1000. The molecule has 3 rings (SSSR count). The van der Waals surface area contributed by atoms with E-state index in [-0.39, 0.29) is 22.4 Å². The number of ketones is 2. The zero-order valence-electron chi connectivity index (χ0n) is 18.7. The van der Waals surface area contributed by atoms with Crippen molar-refractivity contribution in [3.63, 3.8) is 0 Å². The summed E-state index contributed by atoms with van der Waals surface area (Å²) in [6.07, 6.45) is 0. The van der Waals surface area contributed by atoms with Gasteiger partial charge < -0.3 is 0 Å². The molecular weight excluding hydrogens is 368 g/mol. The lowest BCUT2D eigenvalue weighted by atomic mass is 9.79. The van der Waals surface area contributed by atoms with Crippen LogP contribution in [0.15, 0.2) is 72.8 Å². The van der Waals surface area contributed by atoms with E-state index in [1.54, 1.807) is 12.1 Å². The first-order valence-electron chi connectivity index (χ1n) is 10.4. The molecule has 0 fully saturated rings. The fraction of sp³-hybridized carbons (Fsp3) is 0.286. The van der Waals surface area contributed by atoms with E-state index in [2.05, 4.69) is 41.5 Å². The van der Waals surface area contributed by atoms with E-state index < -0.39 is 0 Å². The molecule has 0 bridgehead atoms. The molecule has 0 aliphatic rings. The van der Waals surface area contributed by atoms with Gasteiger partial charge in [-0.25, -0.2) is 0 Å². The van der Waals surface area contributed by atoms with E-state index in [4.69, 9.17) is 0 Å². The minimum absolute atomic E-state index is 0.113. The maximum Gasteiger partial charge on any atom is 0.194 e. The van der Waals surface area contributed by atoms with Crippen molar-refractivity contribution < 1.29 is 9.59 Å². The SMILES string of the molecule is CC(C)(C)c1ccccc1C(=O)c1ccccc1C(=O)c1ccccc1C(C)(C)C. The first-order chi connectivity index (χ1) is 14.0. The van der Waals surface area contributed by atoms with E-state index in [0.717, 1.165) is 11.1 Å². The Morgan fingerprint density at radius 3 is 1.03 bits per heavy atom. The third kappa shape index (κ3) is 4.28. The maximum atomic E-state index is 13.6. The third-order valence-electron chi connectivity index (χ3n) is 5.38. The highest BCUT2D eigenvalue weighted by atomic mass is 16.1. The van der Waals surface area contributed by atoms with E-state index >= 15 is 0 Å². The lowest BCUT2D eigenvalue weighted by Gasteiger charge is -2.23. The molecule has 2 nitrogen and oxygen atoms in total. The average Bonchev–Trinajstić information content (AvgIpc) is 2.71. The van der Waals surface area contributed by atoms with Gasteiger partial charge in [-0.05, 0) is 22.0 Å². The van der Waals surface area contributed by atoms with Crippen molar-refractivity contribution in [2.45, 2.75) is 52.4 Å². The van der Waals surface area contributed by atoms with Crippen molar-refractivity contribution >= 4 is 11.6 Å². The van der Waals surface area contributed by atoms with Crippen LogP contribution in [0.2, 0.25) is 0 Å². The summed E-state index contributed by atoms with van der Waals surface area (Å²) in [4.78, 5) is 27.2. The summed E-state index contributed by atoms with van der Waals surface area (Å²) in [6.45, 7) is 12.6. The highest BCUT2D eigenvalue weighted by Crippen LogP contribution is 2.31. The van der Waals surface area contributed by atoms with Crippen LogP contribution in [-0.2, 0) is 10.8 Å². The van der Waals surface area contributed by atoms with Gasteiger partial charge in [0.25, 0.3) is 0 Å². The van der Waals surface area contributed by atoms with Crippen LogP contribution >= 0.6 is 0 Å². The smallest absolute Gasteiger partial charge is 0.194 e. The average molecular weight is 399 g/mol. The first-order valence-corrected chi connectivity index (χ1v) is 10.4. The zero-order valence-corrected chi connectivity index (χ0v) is 18.7. The lowest BCUT2D eigenvalue weighted by molar-refractivity contribution is 0.100. The fourth-order valence-electron chi connectivity index (χ4n) is 3.84. The molecule has 0 saturated carbocycles. The molecule has 3 aromatic rings. The minimum atomic E-state index is -0.177. The van der Waals surface area contributed by atoms with Crippen LogP contribution in [0.1, 0.15) is 84.5 Å². The Hall–Kier alpha value is -3.00. The van der Waals surface area contributed by atoms with Crippen LogP contribution in [0.3, 0.4) is 0 Å². The molecule has 154 valence electrons. The van der Waals surface area contributed by atoms with Crippen molar-refractivity contribution in [2.24, 2.45) is 0 Å². The summed E-state index contributed by atoms with van der Waals surface area (Å²) >= 11 is 0. The van der Waals surface area contributed by atoms with Gasteiger partial charge in [-0.1, -0.05) is 114 Å². The number of carbonyl (C=O) groups excluding carboxylic acids is 2. The topological polar surface area (TPSA) is 34.1 Å². The van der Waals surface area contributed by atoms with Crippen molar-refractivity contribution in [1.29, 1.82) is 0 Å². The molecule has 0 radical (unpaired) electrons. The predicted octanol–water partition coefficient (Wildman–Crippen LogP) is 6.74. The lowest BCUT2D eigenvalue weighted by Crippen LogP contribution is -2.20. The van der Waals surface area contributed by atoms with Gasteiger partial charge in [0.2, 0.25) is 0 Å². The van der Waals surface area contributed by atoms with Crippen LogP contribution in [0, 0.1) is 0 Å². The summed E-state index contributed by atoms with van der Waals surface area (Å²) < 4.78 is 0. The normalized spacial score (nSPS) is 11.9.